The van der Waals surface area contributed by atoms with E-state index in [-0.39, 0.29) is 0 Å². The summed E-state index contributed by atoms with van der Waals surface area (Å²) in [7, 11) is 1.90. The third kappa shape index (κ3) is 2.57. The van der Waals surface area contributed by atoms with Crippen LogP contribution in [0, 0.1) is 0 Å². The lowest BCUT2D eigenvalue weighted by Crippen LogP contribution is -1.85. The van der Waals surface area contributed by atoms with E-state index >= 15 is 0 Å². The third-order valence-corrected chi connectivity index (χ3v) is 5.92. The molecule has 140 valence electrons. The highest BCUT2D eigenvalue weighted by atomic mass is 32.1. The monoisotopic (exact) mass is 397 g/mol. The number of hydrogen-bond donors (Lipinski definition) is 2. The van der Waals surface area contributed by atoms with E-state index in [1.54, 1.807) is 16.0 Å². The van der Waals surface area contributed by atoms with Gasteiger partial charge >= 0.3 is 0 Å². The fourth-order valence-corrected chi connectivity index (χ4v) is 4.40. The molecule has 8 heteroatoms. The van der Waals surface area contributed by atoms with Crippen LogP contribution in [-0.2, 0) is 7.05 Å². The van der Waals surface area contributed by atoms with Gasteiger partial charge in [-0.25, -0.2) is 4.98 Å². The molecule has 6 heterocycles. The van der Waals surface area contributed by atoms with Gasteiger partial charge in [-0.05, 0) is 29.6 Å². The van der Waals surface area contributed by atoms with Gasteiger partial charge in [0.1, 0.15) is 11.3 Å². The van der Waals surface area contributed by atoms with Crippen LogP contribution < -0.4 is 0 Å². The predicted molar refractivity (Wildman–Crippen MR) is 114 cm³/mol. The van der Waals surface area contributed by atoms with Crippen LogP contribution in [0.25, 0.3) is 55.0 Å². The average Bonchev–Trinajstić information content (AvgIpc) is 3.51. The molecule has 0 fully saturated rings. The lowest BCUT2D eigenvalue weighted by Gasteiger charge is -1.98. The van der Waals surface area contributed by atoms with E-state index < -0.39 is 0 Å². The molecule has 0 saturated heterocycles. The minimum atomic E-state index is 0.850. The molecular formula is C21H15N7S. The van der Waals surface area contributed by atoms with Crippen LogP contribution in [-0.4, -0.2) is 34.9 Å². The SMILES string of the molecule is Cn1cc(-c2cc3c(-c4cc5c(-c6cccs6)ccnc5[nH]4)n[nH]c3cn2)cn1. The van der Waals surface area contributed by atoms with Crippen molar-refractivity contribution < 1.29 is 0 Å². The van der Waals surface area contributed by atoms with E-state index in [2.05, 4.69) is 59.9 Å². The van der Waals surface area contributed by atoms with E-state index in [1.165, 1.54) is 10.4 Å². The Kier molecular flexibility index (Phi) is 3.41. The van der Waals surface area contributed by atoms with Crippen molar-refractivity contribution in [3.05, 3.63) is 60.5 Å². The van der Waals surface area contributed by atoms with Crippen LogP contribution in [0.3, 0.4) is 0 Å². The standard InChI is InChI=1S/C21H15N7S/c1-28-11-12(9-24-28)16-8-15-18(10-23-16)26-27-20(15)17-7-14-13(19-3-2-6-29-19)4-5-22-21(14)25-17/h2-11H,1H3,(H,22,25)(H,26,27). The van der Waals surface area contributed by atoms with Crippen LogP contribution in [0.15, 0.2) is 60.5 Å². The Morgan fingerprint density at radius 3 is 2.86 bits per heavy atom. The summed E-state index contributed by atoms with van der Waals surface area (Å²) in [5.41, 5.74) is 6.52. The zero-order valence-corrected chi connectivity index (χ0v) is 16.2. The van der Waals surface area contributed by atoms with Crippen molar-refractivity contribution in [2.24, 2.45) is 7.05 Å². The number of nitrogens with one attached hydrogen (secondary N) is 2. The van der Waals surface area contributed by atoms with Crippen molar-refractivity contribution in [1.82, 2.24) is 34.9 Å². The van der Waals surface area contributed by atoms with Crippen LogP contribution in [0.5, 0.6) is 0 Å². The number of H-pyrrole nitrogens is 2. The molecule has 2 N–H and O–H groups in total. The second kappa shape index (κ2) is 6.11. The highest BCUT2D eigenvalue weighted by molar-refractivity contribution is 7.13. The molecule has 0 bridgehead atoms. The number of thiophene rings is 1. The van der Waals surface area contributed by atoms with Crippen LogP contribution in [0.2, 0.25) is 0 Å². The second-order valence-corrected chi connectivity index (χ2v) is 7.82. The molecule has 0 radical (unpaired) electrons. The largest absolute Gasteiger partial charge is 0.338 e. The zero-order valence-electron chi connectivity index (χ0n) is 15.4. The normalized spacial score (nSPS) is 11.6. The smallest absolute Gasteiger partial charge is 0.138 e. The summed E-state index contributed by atoms with van der Waals surface area (Å²) in [6, 6.07) is 10.4. The average molecular weight is 397 g/mol. The molecular weight excluding hydrogens is 382 g/mol. The summed E-state index contributed by atoms with van der Waals surface area (Å²) in [4.78, 5) is 13.7. The summed E-state index contributed by atoms with van der Waals surface area (Å²) in [5, 5.41) is 16.1. The molecule has 6 aromatic heterocycles. The second-order valence-electron chi connectivity index (χ2n) is 6.87. The quantitative estimate of drug-likeness (QED) is 0.456. The van der Waals surface area contributed by atoms with Gasteiger partial charge in [0.15, 0.2) is 0 Å². The topological polar surface area (TPSA) is 88.1 Å². The van der Waals surface area contributed by atoms with E-state index in [9.17, 15) is 0 Å². The van der Waals surface area contributed by atoms with E-state index in [0.717, 1.165) is 44.6 Å². The fourth-order valence-electron chi connectivity index (χ4n) is 3.63. The maximum atomic E-state index is 4.55. The van der Waals surface area contributed by atoms with Crippen molar-refractivity contribution >= 4 is 33.3 Å². The van der Waals surface area contributed by atoms with Crippen molar-refractivity contribution in [1.29, 1.82) is 0 Å². The Bertz CT molecular complexity index is 1470. The Hall–Kier alpha value is -3.78. The molecule has 6 rings (SSSR count). The molecule has 0 aliphatic heterocycles. The number of rotatable bonds is 3. The number of aryl methyl sites for hydroxylation is 1. The number of aromatic amines is 2. The first-order valence-corrected chi connectivity index (χ1v) is 9.99. The molecule has 0 aliphatic carbocycles. The summed E-state index contributed by atoms with van der Waals surface area (Å²) in [6.07, 6.45) is 7.42. The van der Waals surface area contributed by atoms with Gasteiger partial charge < -0.3 is 4.98 Å². The van der Waals surface area contributed by atoms with Crippen molar-refractivity contribution in [2.75, 3.05) is 0 Å². The van der Waals surface area contributed by atoms with E-state index in [1.807, 2.05) is 37.9 Å². The molecule has 0 aliphatic rings. The van der Waals surface area contributed by atoms with Gasteiger partial charge in [-0.1, -0.05) is 6.07 Å². The molecule has 6 aromatic rings. The van der Waals surface area contributed by atoms with E-state index in [4.69, 9.17) is 0 Å². The van der Waals surface area contributed by atoms with Gasteiger partial charge in [0.05, 0.1) is 29.3 Å². The van der Waals surface area contributed by atoms with Gasteiger partial charge in [-0.2, -0.15) is 10.2 Å². The lowest BCUT2D eigenvalue weighted by atomic mass is 10.1. The van der Waals surface area contributed by atoms with E-state index in [0.29, 0.717) is 0 Å². The summed E-state index contributed by atoms with van der Waals surface area (Å²) < 4.78 is 1.77. The molecule has 0 spiro atoms. The third-order valence-electron chi connectivity index (χ3n) is 5.02. The fraction of sp³-hybridized carbons (Fsp3) is 0.0476. The maximum absolute atomic E-state index is 4.55. The van der Waals surface area contributed by atoms with Crippen LogP contribution >= 0.6 is 11.3 Å². The summed E-state index contributed by atoms with van der Waals surface area (Å²) in [5.74, 6) is 0. The lowest BCUT2D eigenvalue weighted by molar-refractivity contribution is 0.768. The number of fused-ring (bicyclic) bond motifs is 2. The van der Waals surface area contributed by atoms with Crippen molar-refractivity contribution in [2.45, 2.75) is 0 Å². The first-order chi connectivity index (χ1) is 14.3. The number of hydrogen-bond acceptors (Lipinski definition) is 5. The predicted octanol–water partition coefficient (Wildman–Crippen LogP) is 4.63. The summed E-state index contributed by atoms with van der Waals surface area (Å²) >= 11 is 1.72. The Morgan fingerprint density at radius 2 is 2.03 bits per heavy atom. The Balaban J connectivity index is 1.53. The van der Waals surface area contributed by atoms with Gasteiger partial charge in [0, 0.05) is 46.2 Å². The van der Waals surface area contributed by atoms with Crippen LogP contribution in [0.4, 0.5) is 0 Å². The minimum absolute atomic E-state index is 0.850. The molecule has 0 saturated carbocycles. The summed E-state index contributed by atoms with van der Waals surface area (Å²) in [6.45, 7) is 0. The maximum Gasteiger partial charge on any atom is 0.138 e. The Morgan fingerprint density at radius 1 is 1.07 bits per heavy atom. The molecule has 7 nitrogen and oxygen atoms in total. The molecule has 0 unspecified atom stereocenters. The first kappa shape index (κ1) is 16.2. The Labute approximate surface area is 169 Å². The van der Waals surface area contributed by atoms with Gasteiger partial charge in [0.25, 0.3) is 0 Å². The van der Waals surface area contributed by atoms with Crippen LogP contribution in [0.1, 0.15) is 0 Å². The first-order valence-electron chi connectivity index (χ1n) is 9.11. The van der Waals surface area contributed by atoms with Gasteiger partial charge in [-0.3, -0.25) is 14.8 Å². The highest BCUT2D eigenvalue weighted by Gasteiger charge is 2.15. The number of pyridine rings is 2. The van der Waals surface area contributed by atoms with Crippen molar-refractivity contribution in [3.63, 3.8) is 0 Å². The highest BCUT2D eigenvalue weighted by Crippen LogP contribution is 2.35. The molecule has 29 heavy (non-hydrogen) atoms. The number of nitrogens with zero attached hydrogens (tertiary/aromatic N) is 5. The van der Waals surface area contributed by atoms with Gasteiger partial charge in [-0.15, -0.1) is 11.3 Å². The molecule has 0 atom stereocenters. The minimum Gasteiger partial charge on any atom is -0.338 e. The van der Waals surface area contributed by atoms with Crippen molar-refractivity contribution in [3.8, 4) is 33.1 Å². The zero-order chi connectivity index (χ0) is 19.4. The molecule has 0 amide bonds. The van der Waals surface area contributed by atoms with Gasteiger partial charge in [0.2, 0.25) is 0 Å². The molecule has 0 aromatic carbocycles. The number of aromatic nitrogens is 7.